The van der Waals surface area contributed by atoms with E-state index in [4.69, 9.17) is 14.1 Å². The molecule has 0 bridgehead atoms. The summed E-state index contributed by atoms with van der Waals surface area (Å²) >= 11 is 1.14. The summed E-state index contributed by atoms with van der Waals surface area (Å²) < 4.78 is 12.4. The van der Waals surface area contributed by atoms with Crippen molar-refractivity contribution in [2.24, 2.45) is 0 Å². The highest BCUT2D eigenvalue weighted by molar-refractivity contribution is 7.94. The summed E-state index contributed by atoms with van der Waals surface area (Å²) in [5.74, 6) is 0. The van der Waals surface area contributed by atoms with E-state index in [-0.39, 0.29) is 0 Å². The zero-order valence-corrected chi connectivity index (χ0v) is 16.3. The Hall–Kier alpha value is -3.01. The van der Waals surface area contributed by atoms with Crippen LogP contribution in [0.25, 0.3) is 22.2 Å². The van der Waals surface area contributed by atoms with Crippen LogP contribution in [0.5, 0.6) is 0 Å². The topological polar surface area (TPSA) is 77.4 Å². The van der Waals surface area contributed by atoms with Crippen molar-refractivity contribution in [3.05, 3.63) is 61.2 Å². The SMILES string of the molecule is c1ccc(SOOn2cc(-c3cn[nH]c3)c3cc(N4CCOCC4)cnc32)cc1. The van der Waals surface area contributed by atoms with Gasteiger partial charge < -0.3 is 9.64 Å². The molecule has 0 amide bonds. The average molecular weight is 409 g/mol. The van der Waals surface area contributed by atoms with E-state index in [1.807, 2.05) is 48.9 Å². The summed E-state index contributed by atoms with van der Waals surface area (Å²) in [6, 6.07) is 11.9. The number of ether oxygens (including phenoxy) is 1. The van der Waals surface area contributed by atoms with Crippen molar-refractivity contribution in [3.63, 3.8) is 0 Å². The van der Waals surface area contributed by atoms with Crippen molar-refractivity contribution in [1.82, 2.24) is 19.9 Å². The third kappa shape index (κ3) is 3.80. The normalized spacial score (nSPS) is 14.4. The molecule has 4 heterocycles. The molecule has 0 unspecified atom stereocenters. The molecule has 1 aliphatic heterocycles. The number of benzene rings is 1. The minimum Gasteiger partial charge on any atom is -0.378 e. The molecule has 3 aromatic heterocycles. The highest BCUT2D eigenvalue weighted by Gasteiger charge is 2.18. The Morgan fingerprint density at radius 2 is 1.97 bits per heavy atom. The van der Waals surface area contributed by atoms with Crippen molar-refractivity contribution in [2.45, 2.75) is 4.90 Å². The van der Waals surface area contributed by atoms with Gasteiger partial charge in [-0.25, -0.2) is 9.97 Å². The number of nitrogens with zero attached hydrogens (tertiary/aromatic N) is 4. The van der Waals surface area contributed by atoms with Crippen LogP contribution in [0.4, 0.5) is 5.69 Å². The molecule has 9 heteroatoms. The van der Waals surface area contributed by atoms with E-state index in [2.05, 4.69) is 26.1 Å². The van der Waals surface area contributed by atoms with Crippen molar-refractivity contribution >= 4 is 28.8 Å². The van der Waals surface area contributed by atoms with E-state index in [1.54, 1.807) is 6.20 Å². The van der Waals surface area contributed by atoms with E-state index in [0.29, 0.717) is 5.65 Å². The minimum atomic E-state index is 0.673. The number of pyridine rings is 1. The van der Waals surface area contributed by atoms with Crippen LogP contribution in [0, 0.1) is 0 Å². The molecule has 0 atom stereocenters. The van der Waals surface area contributed by atoms with Gasteiger partial charge >= 0.3 is 0 Å². The van der Waals surface area contributed by atoms with Gasteiger partial charge in [-0.1, -0.05) is 22.5 Å². The molecule has 0 saturated carbocycles. The predicted octanol–water partition coefficient (Wildman–Crippen LogP) is 3.33. The van der Waals surface area contributed by atoms with Gasteiger partial charge in [-0.05, 0) is 18.2 Å². The first-order chi connectivity index (χ1) is 14.4. The molecule has 1 N–H and O–H groups in total. The fraction of sp³-hybridized carbons (Fsp3) is 0.200. The second-order valence-corrected chi connectivity index (χ2v) is 7.33. The first kappa shape index (κ1) is 18.0. The fourth-order valence-corrected chi connectivity index (χ4v) is 3.75. The zero-order chi connectivity index (χ0) is 19.5. The Balaban J connectivity index is 1.45. The van der Waals surface area contributed by atoms with Crippen LogP contribution < -0.4 is 9.89 Å². The summed E-state index contributed by atoms with van der Waals surface area (Å²) in [4.78, 5) is 13.4. The van der Waals surface area contributed by atoms with Crippen LogP contribution in [0.1, 0.15) is 0 Å². The lowest BCUT2D eigenvalue weighted by atomic mass is 10.1. The van der Waals surface area contributed by atoms with Gasteiger partial charge in [0.15, 0.2) is 5.65 Å². The van der Waals surface area contributed by atoms with Crippen molar-refractivity contribution in [3.8, 4) is 11.1 Å². The van der Waals surface area contributed by atoms with Crippen molar-refractivity contribution in [1.29, 1.82) is 0 Å². The summed E-state index contributed by atoms with van der Waals surface area (Å²) in [7, 11) is 0. The van der Waals surface area contributed by atoms with Gasteiger partial charge in [0.05, 0.1) is 49.5 Å². The van der Waals surface area contributed by atoms with E-state index < -0.39 is 0 Å². The van der Waals surface area contributed by atoms with E-state index in [0.717, 1.165) is 65.4 Å². The number of anilines is 1. The zero-order valence-electron chi connectivity index (χ0n) is 15.5. The molecular formula is C20H19N5O3S. The molecule has 5 rings (SSSR count). The van der Waals surface area contributed by atoms with Gasteiger partial charge in [0.25, 0.3) is 0 Å². The number of H-pyrrole nitrogens is 1. The quantitative estimate of drug-likeness (QED) is 0.297. The summed E-state index contributed by atoms with van der Waals surface area (Å²) in [6.07, 6.45) is 7.34. The third-order valence-electron chi connectivity index (χ3n) is 4.77. The van der Waals surface area contributed by atoms with Crippen LogP contribution in [-0.4, -0.2) is 46.2 Å². The Bertz CT molecular complexity index is 1080. The highest BCUT2D eigenvalue weighted by atomic mass is 32.2. The van der Waals surface area contributed by atoms with Gasteiger partial charge in [-0.3, -0.25) is 5.10 Å². The maximum atomic E-state index is 5.54. The smallest absolute Gasteiger partial charge is 0.179 e. The van der Waals surface area contributed by atoms with Crippen LogP contribution in [0.15, 0.2) is 66.1 Å². The Morgan fingerprint density at radius 1 is 1.10 bits per heavy atom. The molecule has 0 radical (unpaired) electrons. The third-order valence-corrected chi connectivity index (χ3v) is 5.36. The Kier molecular flexibility index (Phi) is 5.08. The molecule has 0 aliphatic carbocycles. The van der Waals surface area contributed by atoms with Gasteiger partial charge in [0.2, 0.25) is 0 Å². The van der Waals surface area contributed by atoms with E-state index in [9.17, 15) is 0 Å². The summed E-state index contributed by atoms with van der Waals surface area (Å²) in [5, 5.41) is 7.89. The predicted molar refractivity (Wildman–Crippen MR) is 110 cm³/mol. The van der Waals surface area contributed by atoms with Crippen LogP contribution in [-0.2, 0) is 9.07 Å². The standard InChI is InChI=1S/C20H19N5O3S/c1-2-4-17(5-3-1)29-28-27-25-14-19(15-11-22-23-12-15)18-10-16(13-21-20(18)25)24-6-8-26-9-7-24/h1-5,10-14H,6-9H2,(H,22,23). The van der Waals surface area contributed by atoms with E-state index >= 15 is 0 Å². The molecule has 8 nitrogen and oxygen atoms in total. The number of aromatic nitrogens is 4. The molecular weight excluding hydrogens is 390 g/mol. The lowest BCUT2D eigenvalue weighted by Crippen LogP contribution is -2.36. The first-order valence-corrected chi connectivity index (χ1v) is 10.0. The highest BCUT2D eigenvalue weighted by Crippen LogP contribution is 2.32. The molecule has 1 aliphatic rings. The fourth-order valence-electron chi connectivity index (χ4n) is 3.31. The van der Waals surface area contributed by atoms with Gasteiger partial charge in [-0.15, -0.1) is 4.73 Å². The largest absolute Gasteiger partial charge is 0.378 e. The van der Waals surface area contributed by atoms with Gasteiger partial charge in [0.1, 0.15) is 0 Å². The maximum absolute atomic E-state index is 5.54. The summed E-state index contributed by atoms with van der Waals surface area (Å²) in [5.41, 5.74) is 3.65. The van der Waals surface area contributed by atoms with Crippen LogP contribution in [0.2, 0.25) is 0 Å². The number of morpholine rings is 1. The number of fused-ring (bicyclic) bond motifs is 1. The Morgan fingerprint density at radius 3 is 2.76 bits per heavy atom. The van der Waals surface area contributed by atoms with Crippen molar-refractivity contribution in [2.75, 3.05) is 31.2 Å². The number of rotatable bonds is 6. The monoisotopic (exact) mass is 409 g/mol. The molecule has 1 fully saturated rings. The molecule has 148 valence electrons. The number of aromatic amines is 1. The second-order valence-electron chi connectivity index (χ2n) is 6.56. The maximum Gasteiger partial charge on any atom is 0.179 e. The average Bonchev–Trinajstić information content (AvgIpc) is 3.43. The molecule has 0 spiro atoms. The van der Waals surface area contributed by atoms with E-state index in [1.165, 1.54) is 4.73 Å². The molecule has 4 aromatic rings. The number of hydrogen-bond acceptors (Lipinski definition) is 7. The lowest BCUT2D eigenvalue weighted by molar-refractivity contribution is -0.188. The Labute approximate surface area is 171 Å². The molecule has 1 aromatic carbocycles. The molecule has 1 saturated heterocycles. The van der Waals surface area contributed by atoms with Gasteiger partial charge in [-0.2, -0.15) is 5.10 Å². The second kappa shape index (κ2) is 8.16. The first-order valence-electron chi connectivity index (χ1n) is 9.28. The van der Waals surface area contributed by atoms with Crippen LogP contribution in [0.3, 0.4) is 0 Å². The lowest BCUT2D eigenvalue weighted by Gasteiger charge is -2.28. The molecule has 29 heavy (non-hydrogen) atoms. The number of nitrogens with one attached hydrogen (secondary N) is 1. The van der Waals surface area contributed by atoms with Crippen molar-refractivity contribution < 1.29 is 14.1 Å². The van der Waals surface area contributed by atoms with Gasteiger partial charge in [0, 0.05) is 40.7 Å². The number of hydrogen-bond donors (Lipinski definition) is 1. The minimum absolute atomic E-state index is 0.673. The summed E-state index contributed by atoms with van der Waals surface area (Å²) in [6.45, 7) is 3.15. The van der Waals surface area contributed by atoms with Crippen LogP contribution >= 0.6 is 12.0 Å².